The molecule has 0 aliphatic carbocycles. The summed E-state index contributed by atoms with van der Waals surface area (Å²) in [7, 11) is 0. The minimum absolute atomic E-state index is 0.225. The van der Waals surface area contributed by atoms with Crippen LogP contribution < -0.4 is 5.32 Å². The van der Waals surface area contributed by atoms with Gasteiger partial charge in [-0.25, -0.2) is 0 Å². The molecule has 1 N–H and O–H groups in total. The van der Waals surface area contributed by atoms with E-state index in [-0.39, 0.29) is 6.04 Å². The Morgan fingerprint density at radius 2 is 1.94 bits per heavy atom. The van der Waals surface area contributed by atoms with Crippen molar-refractivity contribution in [1.82, 2.24) is 5.32 Å². The zero-order valence-electron chi connectivity index (χ0n) is 10.5. The van der Waals surface area contributed by atoms with E-state index in [0.29, 0.717) is 5.22 Å². The molecule has 2 nitrogen and oxygen atoms in total. The quantitative estimate of drug-likeness (QED) is 0.844. The highest BCUT2D eigenvalue weighted by Gasteiger charge is 2.14. The summed E-state index contributed by atoms with van der Waals surface area (Å²) in [5.41, 5.74) is 1.35. The molecule has 1 heterocycles. The molecule has 18 heavy (non-hydrogen) atoms. The Kier molecular flexibility index (Phi) is 4.85. The van der Waals surface area contributed by atoms with E-state index in [4.69, 9.17) is 16.0 Å². The van der Waals surface area contributed by atoms with Crippen molar-refractivity contribution in [2.45, 2.75) is 25.8 Å². The molecule has 2 aromatic rings. The molecule has 1 aromatic heterocycles. The fourth-order valence-electron chi connectivity index (χ4n) is 2.06. The van der Waals surface area contributed by atoms with Gasteiger partial charge in [-0.3, -0.25) is 0 Å². The number of aryl methyl sites for hydroxylation is 1. The van der Waals surface area contributed by atoms with Crippen molar-refractivity contribution < 1.29 is 4.42 Å². The van der Waals surface area contributed by atoms with Crippen LogP contribution in [0.25, 0.3) is 0 Å². The van der Waals surface area contributed by atoms with Crippen LogP contribution in [0, 0.1) is 0 Å². The lowest BCUT2D eigenvalue weighted by molar-refractivity contribution is 0.402. The topological polar surface area (TPSA) is 25.2 Å². The predicted octanol–water partition coefficient (Wildman–Crippen LogP) is 4.22. The summed E-state index contributed by atoms with van der Waals surface area (Å²) in [6.07, 6.45) is 2.03. The van der Waals surface area contributed by atoms with Crippen LogP contribution in [0.4, 0.5) is 0 Å². The van der Waals surface area contributed by atoms with Crippen molar-refractivity contribution in [2.75, 3.05) is 6.54 Å². The molecule has 0 amide bonds. The number of benzene rings is 1. The third-order valence-corrected chi connectivity index (χ3v) is 3.16. The molecule has 3 heteroatoms. The van der Waals surface area contributed by atoms with Gasteiger partial charge in [0, 0.05) is 0 Å². The largest absolute Gasteiger partial charge is 0.448 e. The summed E-state index contributed by atoms with van der Waals surface area (Å²) >= 11 is 5.83. The van der Waals surface area contributed by atoms with E-state index in [1.165, 1.54) is 5.56 Å². The minimum atomic E-state index is 0.225. The van der Waals surface area contributed by atoms with Crippen LogP contribution in [-0.4, -0.2) is 6.54 Å². The average Bonchev–Trinajstić information content (AvgIpc) is 2.82. The van der Waals surface area contributed by atoms with Gasteiger partial charge in [-0.2, -0.15) is 0 Å². The van der Waals surface area contributed by atoms with E-state index in [2.05, 4.69) is 36.5 Å². The van der Waals surface area contributed by atoms with E-state index in [9.17, 15) is 0 Å². The van der Waals surface area contributed by atoms with Crippen LogP contribution >= 0.6 is 11.6 Å². The molecule has 2 rings (SSSR count). The second kappa shape index (κ2) is 6.62. The second-order valence-corrected chi connectivity index (χ2v) is 4.65. The Morgan fingerprint density at radius 3 is 2.56 bits per heavy atom. The van der Waals surface area contributed by atoms with Crippen molar-refractivity contribution >= 4 is 11.6 Å². The van der Waals surface area contributed by atoms with Crippen LogP contribution in [0.15, 0.2) is 46.9 Å². The molecule has 0 saturated heterocycles. The van der Waals surface area contributed by atoms with Gasteiger partial charge in [0.1, 0.15) is 5.76 Å². The standard InChI is InChI=1S/C15H18ClNO/c1-2-17-13(14-10-11-15(16)18-14)9-8-12-6-4-3-5-7-12/h3-7,10-11,13,17H,2,8-9H2,1H3. The number of halogens is 1. The van der Waals surface area contributed by atoms with Gasteiger partial charge in [0.2, 0.25) is 0 Å². The molecule has 0 radical (unpaired) electrons. The number of rotatable bonds is 6. The highest BCUT2D eigenvalue weighted by atomic mass is 35.5. The molecule has 1 aromatic carbocycles. The molecule has 0 fully saturated rings. The third-order valence-electron chi connectivity index (χ3n) is 2.95. The predicted molar refractivity (Wildman–Crippen MR) is 74.9 cm³/mol. The summed E-state index contributed by atoms with van der Waals surface area (Å²) in [6.45, 7) is 3.01. The molecular weight excluding hydrogens is 246 g/mol. The summed E-state index contributed by atoms with van der Waals surface area (Å²) in [6, 6.07) is 14.4. The number of hydrogen-bond acceptors (Lipinski definition) is 2. The van der Waals surface area contributed by atoms with Crippen LogP contribution in [-0.2, 0) is 6.42 Å². The summed E-state index contributed by atoms with van der Waals surface area (Å²) in [5, 5.41) is 3.88. The first-order valence-corrected chi connectivity index (χ1v) is 6.70. The van der Waals surface area contributed by atoms with Gasteiger partial charge in [-0.05, 0) is 48.7 Å². The lowest BCUT2D eigenvalue weighted by Gasteiger charge is -2.15. The zero-order valence-corrected chi connectivity index (χ0v) is 11.3. The lowest BCUT2D eigenvalue weighted by atomic mass is 10.0. The molecular formula is C15H18ClNO. The minimum Gasteiger partial charge on any atom is -0.448 e. The van der Waals surface area contributed by atoms with E-state index in [1.54, 1.807) is 6.07 Å². The summed E-state index contributed by atoms with van der Waals surface area (Å²) in [4.78, 5) is 0. The van der Waals surface area contributed by atoms with Crippen molar-refractivity contribution in [3.63, 3.8) is 0 Å². The van der Waals surface area contributed by atoms with Crippen LogP contribution in [0.5, 0.6) is 0 Å². The normalized spacial score (nSPS) is 12.6. The first kappa shape index (κ1) is 13.2. The maximum absolute atomic E-state index is 5.83. The number of furan rings is 1. The molecule has 0 aliphatic heterocycles. The highest BCUT2D eigenvalue weighted by molar-refractivity contribution is 6.28. The molecule has 0 saturated carbocycles. The van der Waals surface area contributed by atoms with Crippen LogP contribution in [0.1, 0.15) is 30.7 Å². The monoisotopic (exact) mass is 263 g/mol. The van der Waals surface area contributed by atoms with Gasteiger partial charge in [0.05, 0.1) is 6.04 Å². The van der Waals surface area contributed by atoms with E-state index >= 15 is 0 Å². The van der Waals surface area contributed by atoms with Crippen LogP contribution in [0.3, 0.4) is 0 Å². The fourth-order valence-corrected chi connectivity index (χ4v) is 2.21. The van der Waals surface area contributed by atoms with Crippen molar-refractivity contribution in [3.05, 3.63) is 59.0 Å². The third kappa shape index (κ3) is 3.62. The van der Waals surface area contributed by atoms with Gasteiger partial charge in [-0.15, -0.1) is 0 Å². The highest BCUT2D eigenvalue weighted by Crippen LogP contribution is 2.23. The van der Waals surface area contributed by atoms with Gasteiger partial charge in [-0.1, -0.05) is 37.3 Å². The number of hydrogen-bond donors (Lipinski definition) is 1. The molecule has 0 spiro atoms. The van der Waals surface area contributed by atoms with E-state index < -0.39 is 0 Å². The van der Waals surface area contributed by atoms with Crippen LogP contribution in [0.2, 0.25) is 5.22 Å². The van der Waals surface area contributed by atoms with Gasteiger partial charge < -0.3 is 9.73 Å². The molecule has 0 aliphatic rings. The van der Waals surface area contributed by atoms with Gasteiger partial charge >= 0.3 is 0 Å². The first-order chi connectivity index (χ1) is 8.79. The van der Waals surface area contributed by atoms with Gasteiger partial charge in [0.25, 0.3) is 0 Å². The Balaban J connectivity index is 1.98. The van der Waals surface area contributed by atoms with Crippen molar-refractivity contribution in [2.24, 2.45) is 0 Å². The van der Waals surface area contributed by atoms with E-state index in [1.807, 2.05) is 12.1 Å². The van der Waals surface area contributed by atoms with Crippen molar-refractivity contribution in [1.29, 1.82) is 0 Å². The molecule has 96 valence electrons. The summed E-state index contributed by atoms with van der Waals surface area (Å²) in [5.74, 6) is 0.915. The van der Waals surface area contributed by atoms with E-state index in [0.717, 1.165) is 25.1 Å². The van der Waals surface area contributed by atoms with Gasteiger partial charge in [0.15, 0.2) is 5.22 Å². The van der Waals surface area contributed by atoms with Crippen molar-refractivity contribution in [3.8, 4) is 0 Å². The SMILES string of the molecule is CCNC(CCc1ccccc1)c1ccc(Cl)o1. The molecule has 1 atom stereocenters. The number of nitrogens with one attached hydrogen (secondary N) is 1. The Morgan fingerprint density at radius 1 is 1.17 bits per heavy atom. The lowest BCUT2D eigenvalue weighted by Crippen LogP contribution is -2.21. The Hall–Kier alpha value is -1.25. The maximum Gasteiger partial charge on any atom is 0.193 e. The molecule has 1 unspecified atom stereocenters. The summed E-state index contributed by atoms with van der Waals surface area (Å²) < 4.78 is 5.49. The Labute approximate surface area is 113 Å². The smallest absolute Gasteiger partial charge is 0.193 e. The maximum atomic E-state index is 5.83. The fraction of sp³-hybridized carbons (Fsp3) is 0.333. The Bertz CT molecular complexity index is 466. The average molecular weight is 264 g/mol. The molecule has 0 bridgehead atoms. The first-order valence-electron chi connectivity index (χ1n) is 6.32. The zero-order chi connectivity index (χ0) is 12.8. The second-order valence-electron chi connectivity index (χ2n) is 4.28.